The van der Waals surface area contributed by atoms with Gasteiger partial charge in [-0.25, -0.2) is 10.3 Å². The number of rotatable bonds is 11. The summed E-state index contributed by atoms with van der Waals surface area (Å²) < 4.78 is 16.4. The molecular weight excluding hydrogens is 442 g/mol. The molecule has 0 spiro atoms. The van der Waals surface area contributed by atoms with Gasteiger partial charge in [0.15, 0.2) is 0 Å². The van der Waals surface area contributed by atoms with Gasteiger partial charge in [0.1, 0.15) is 29.7 Å². The molecule has 2 aromatic carbocycles. The number of methoxy groups -OCH3 is 1. The molecule has 0 aromatic heterocycles. The molecule has 1 fully saturated rings. The van der Waals surface area contributed by atoms with E-state index in [-0.39, 0.29) is 13.0 Å². The molecule has 1 aliphatic heterocycles. The van der Waals surface area contributed by atoms with Crippen LogP contribution in [0.15, 0.2) is 48.5 Å². The molecule has 1 heterocycles. The summed E-state index contributed by atoms with van der Waals surface area (Å²) in [5, 5.41) is 11.5. The number of hydroxylamine groups is 1. The average molecular weight is 472 g/mol. The summed E-state index contributed by atoms with van der Waals surface area (Å²) in [5.74, 6) is 0.0843. The van der Waals surface area contributed by atoms with Gasteiger partial charge in [-0.2, -0.15) is 0 Å². The van der Waals surface area contributed by atoms with Crippen LogP contribution >= 0.6 is 0 Å². The lowest BCUT2D eigenvalue weighted by Gasteiger charge is -2.23. The third-order valence-corrected chi connectivity index (χ3v) is 5.27. The first-order valence-corrected chi connectivity index (χ1v) is 10.8. The molecule has 1 saturated heterocycles. The lowest BCUT2D eigenvalue weighted by molar-refractivity contribution is -0.134. The minimum Gasteiger partial charge on any atom is -0.491 e. The van der Waals surface area contributed by atoms with E-state index in [0.717, 1.165) is 21.8 Å². The zero-order valence-corrected chi connectivity index (χ0v) is 19.4. The molecule has 2 aromatic rings. The van der Waals surface area contributed by atoms with E-state index in [1.165, 1.54) is 0 Å². The Labute approximate surface area is 197 Å². The number of hydrogen-bond donors (Lipinski definition) is 3. The first kappa shape index (κ1) is 25.0. The highest BCUT2D eigenvalue weighted by Crippen LogP contribution is 2.26. The molecule has 182 valence electrons. The molecule has 10 nitrogen and oxygen atoms in total. The van der Waals surface area contributed by atoms with Crippen molar-refractivity contribution in [2.75, 3.05) is 26.9 Å². The second-order valence-corrected chi connectivity index (χ2v) is 8.34. The van der Waals surface area contributed by atoms with Gasteiger partial charge in [-0.15, -0.1) is 0 Å². The number of benzene rings is 2. The Balaban J connectivity index is 1.68. The number of imide groups is 1. The number of amides is 4. The minimum atomic E-state index is -1.03. The van der Waals surface area contributed by atoms with E-state index < -0.39 is 29.5 Å². The van der Waals surface area contributed by atoms with Crippen LogP contribution in [0.25, 0.3) is 11.1 Å². The molecule has 0 radical (unpaired) electrons. The van der Waals surface area contributed by atoms with Gasteiger partial charge in [0.25, 0.3) is 5.91 Å². The lowest BCUT2D eigenvalue weighted by Crippen LogP contribution is -2.43. The molecule has 4 amide bonds. The standard InChI is InChI=1S/C24H29N3O7/c1-24(2)22(29)27(23(30)25-24)15-20(14-21(28)26-31)34-19-10-6-17(7-11-19)16-4-8-18(9-5-16)33-13-12-32-3/h4-11,20,31H,12-15H2,1-3H3,(H,25,30)(H,26,28). The Morgan fingerprint density at radius 3 is 2.12 bits per heavy atom. The molecule has 1 unspecified atom stereocenters. The van der Waals surface area contributed by atoms with Crippen molar-refractivity contribution in [3.8, 4) is 22.6 Å². The highest BCUT2D eigenvalue weighted by molar-refractivity contribution is 6.06. The summed E-state index contributed by atoms with van der Waals surface area (Å²) in [5.41, 5.74) is 2.44. The van der Waals surface area contributed by atoms with Gasteiger partial charge in [-0.3, -0.25) is 19.7 Å². The zero-order chi connectivity index (χ0) is 24.7. The number of urea groups is 1. The third-order valence-electron chi connectivity index (χ3n) is 5.27. The lowest BCUT2D eigenvalue weighted by atomic mass is 10.1. The SMILES string of the molecule is COCCOc1ccc(-c2ccc(OC(CC(=O)NO)CN3C(=O)NC(C)(C)C3=O)cc2)cc1. The van der Waals surface area contributed by atoms with Crippen LogP contribution in [0.5, 0.6) is 11.5 Å². The Bertz CT molecular complexity index is 1010. The summed E-state index contributed by atoms with van der Waals surface area (Å²) in [6, 6.07) is 14.2. The van der Waals surface area contributed by atoms with Crippen molar-refractivity contribution in [3.63, 3.8) is 0 Å². The van der Waals surface area contributed by atoms with Crippen LogP contribution in [0.4, 0.5) is 4.79 Å². The Morgan fingerprint density at radius 1 is 1.03 bits per heavy atom. The van der Waals surface area contributed by atoms with Gasteiger partial charge < -0.3 is 19.5 Å². The van der Waals surface area contributed by atoms with Crippen molar-refractivity contribution < 1.29 is 33.8 Å². The summed E-state index contributed by atoms with van der Waals surface area (Å²) in [6.45, 7) is 4.03. The normalized spacial score (nSPS) is 15.6. The minimum absolute atomic E-state index is 0.145. The van der Waals surface area contributed by atoms with E-state index in [0.29, 0.717) is 19.0 Å². The van der Waals surface area contributed by atoms with Crippen LogP contribution in [0.2, 0.25) is 0 Å². The fraction of sp³-hybridized carbons (Fsp3) is 0.375. The van der Waals surface area contributed by atoms with Crippen molar-refractivity contribution in [2.24, 2.45) is 0 Å². The molecule has 3 N–H and O–H groups in total. The van der Waals surface area contributed by atoms with Crippen molar-refractivity contribution >= 4 is 17.8 Å². The number of hydrogen-bond acceptors (Lipinski definition) is 7. The first-order valence-electron chi connectivity index (χ1n) is 10.8. The average Bonchev–Trinajstić information content (AvgIpc) is 3.01. The Morgan fingerprint density at radius 2 is 1.62 bits per heavy atom. The van der Waals surface area contributed by atoms with E-state index in [2.05, 4.69) is 5.32 Å². The van der Waals surface area contributed by atoms with Gasteiger partial charge in [0.2, 0.25) is 5.91 Å². The van der Waals surface area contributed by atoms with Crippen LogP contribution < -0.4 is 20.3 Å². The van der Waals surface area contributed by atoms with E-state index >= 15 is 0 Å². The van der Waals surface area contributed by atoms with Gasteiger partial charge in [0, 0.05) is 7.11 Å². The topological polar surface area (TPSA) is 126 Å². The molecule has 0 bridgehead atoms. The van der Waals surface area contributed by atoms with E-state index in [4.69, 9.17) is 19.4 Å². The molecule has 10 heteroatoms. The predicted octanol–water partition coefficient (Wildman–Crippen LogP) is 2.35. The molecule has 0 aliphatic carbocycles. The number of carbonyl (C=O) groups is 3. The second-order valence-electron chi connectivity index (χ2n) is 8.34. The fourth-order valence-corrected chi connectivity index (χ4v) is 3.49. The van der Waals surface area contributed by atoms with E-state index in [1.54, 1.807) is 38.6 Å². The van der Waals surface area contributed by atoms with Crippen LogP contribution in [-0.4, -0.2) is 66.5 Å². The van der Waals surface area contributed by atoms with Crippen molar-refractivity contribution in [1.29, 1.82) is 0 Å². The second kappa shape index (κ2) is 11.0. The highest BCUT2D eigenvalue weighted by Gasteiger charge is 2.45. The molecule has 3 rings (SSSR count). The largest absolute Gasteiger partial charge is 0.491 e. The molecular formula is C24H29N3O7. The zero-order valence-electron chi connectivity index (χ0n) is 19.4. The summed E-state index contributed by atoms with van der Waals surface area (Å²) >= 11 is 0. The quantitative estimate of drug-likeness (QED) is 0.199. The summed E-state index contributed by atoms with van der Waals surface area (Å²) in [4.78, 5) is 37.5. The monoisotopic (exact) mass is 471 g/mol. The van der Waals surface area contributed by atoms with E-state index in [9.17, 15) is 14.4 Å². The summed E-state index contributed by atoms with van der Waals surface area (Å²) in [6.07, 6.45) is -1.11. The molecule has 1 aliphatic rings. The smallest absolute Gasteiger partial charge is 0.325 e. The number of nitrogens with zero attached hydrogens (tertiary/aromatic N) is 1. The van der Waals surface area contributed by atoms with E-state index in [1.807, 2.05) is 36.4 Å². The van der Waals surface area contributed by atoms with Gasteiger partial charge in [-0.05, 0) is 49.2 Å². The Hall–Kier alpha value is -3.63. The van der Waals surface area contributed by atoms with Crippen molar-refractivity contribution in [1.82, 2.24) is 15.7 Å². The number of ether oxygens (including phenoxy) is 3. The van der Waals surface area contributed by atoms with Gasteiger partial charge in [-0.1, -0.05) is 24.3 Å². The number of carbonyl (C=O) groups excluding carboxylic acids is 3. The van der Waals surface area contributed by atoms with Crippen LogP contribution in [-0.2, 0) is 14.3 Å². The number of nitrogens with one attached hydrogen (secondary N) is 2. The fourth-order valence-electron chi connectivity index (χ4n) is 3.49. The predicted molar refractivity (Wildman–Crippen MR) is 123 cm³/mol. The Kier molecular flexibility index (Phi) is 8.08. The van der Waals surface area contributed by atoms with Crippen molar-refractivity contribution in [3.05, 3.63) is 48.5 Å². The van der Waals surface area contributed by atoms with Crippen molar-refractivity contribution in [2.45, 2.75) is 31.9 Å². The first-order chi connectivity index (χ1) is 16.2. The molecule has 34 heavy (non-hydrogen) atoms. The third kappa shape index (κ3) is 6.24. The maximum Gasteiger partial charge on any atom is 0.325 e. The maximum atomic E-state index is 12.5. The molecule has 0 saturated carbocycles. The van der Waals surface area contributed by atoms with Crippen LogP contribution in [0.1, 0.15) is 20.3 Å². The van der Waals surface area contributed by atoms with Crippen LogP contribution in [0, 0.1) is 0 Å². The molecule has 1 atom stereocenters. The maximum absolute atomic E-state index is 12.5. The van der Waals surface area contributed by atoms with Gasteiger partial charge >= 0.3 is 6.03 Å². The summed E-state index contributed by atoms with van der Waals surface area (Å²) in [7, 11) is 1.62. The highest BCUT2D eigenvalue weighted by atomic mass is 16.5. The van der Waals surface area contributed by atoms with Crippen LogP contribution in [0.3, 0.4) is 0 Å². The van der Waals surface area contributed by atoms with Gasteiger partial charge in [0.05, 0.1) is 19.6 Å².